The summed E-state index contributed by atoms with van der Waals surface area (Å²) in [6.45, 7) is 11.1. The summed E-state index contributed by atoms with van der Waals surface area (Å²) in [6, 6.07) is 0. The van der Waals surface area contributed by atoms with E-state index in [2.05, 4.69) is 36.2 Å². The summed E-state index contributed by atoms with van der Waals surface area (Å²) in [5.41, 5.74) is 0.919. The minimum absolute atomic E-state index is 0.0826. The Balaban J connectivity index is 2.76. The second-order valence-corrected chi connectivity index (χ2v) is 15.7. The molecule has 0 aromatic heterocycles. The van der Waals surface area contributed by atoms with E-state index in [1.54, 1.807) is 0 Å². The SMILES string of the molecule is CC1(C)CCCN([SiH2]N([SiH3])[SiH3])C1(C)C. The molecule has 1 rings (SSSR count). The van der Waals surface area contributed by atoms with Crippen LogP contribution in [0.4, 0.5) is 0 Å². The van der Waals surface area contributed by atoms with E-state index in [4.69, 9.17) is 0 Å². The first-order valence-corrected chi connectivity index (χ1v) is 8.72. The van der Waals surface area contributed by atoms with Gasteiger partial charge in [0.2, 0.25) is 0 Å². The van der Waals surface area contributed by atoms with E-state index < -0.39 is 0 Å². The molecule has 1 saturated heterocycles. The Labute approximate surface area is 97.4 Å². The third kappa shape index (κ3) is 2.38. The molecular formula is C9H26N2Si3. The number of hydrogen-bond acceptors (Lipinski definition) is 2. The predicted molar refractivity (Wildman–Crippen MR) is 74.1 cm³/mol. The molecule has 1 aliphatic heterocycles. The third-order valence-corrected chi connectivity index (χ3v) is 7.84. The van der Waals surface area contributed by atoms with Crippen molar-refractivity contribution >= 4 is 30.7 Å². The summed E-state index contributed by atoms with van der Waals surface area (Å²) < 4.78 is 5.50. The fourth-order valence-corrected chi connectivity index (χ4v) is 6.19. The molecule has 14 heavy (non-hydrogen) atoms. The Morgan fingerprint density at radius 3 is 2.29 bits per heavy atom. The van der Waals surface area contributed by atoms with Gasteiger partial charge >= 0.3 is 0 Å². The molecule has 0 aromatic carbocycles. The highest BCUT2D eigenvalue weighted by atomic mass is 28.3. The smallest absolute Gasteiger partial charge is 0.158 e. The lowest BCUT2D eigenvalue weighted by Crippen LogP contribution is -2.61. The van der Waals surface area contributed by atoms with E-state index in [0.717, 1.165) is 0 Å². The normalized spacial score (nSPS) is 28.1. The van der Waals surface area contributed by atoms with Gasteiger partial charge in [0, 0.05) is 5.54 Å². The zero-order valence-corrected chi connectivity index (χ0v) is 16.1. The number of hydrogen-bond donors (Lipinski definition) is 0. The molecule has 0 saturated carbocycles. The Bertz CT molecular complexity index is 204. The van der Waals surface area contributed by atoms with Gasteiger partial charge in [-0.2, -0.15) is 0 Å². The molecule has 0 N–H and O–H groups in total. The zero-order valence-electron chi connectivity index (χ0n) is 10.7. The molecular weight excluding hydrogens is 220 g/mol. The van der Waals surface area contributed by atoms with E-state index in [9.17, 15) is 0 Å². The lowest BCUT2D eigenvalue weighted by molar-refractivity contribution is 0.0245. The highest BCUT2D eigenvalue weighted by molar-refractivity contribution is 6.51. The van der Waals surface area contributed by atoms with Gasteiger partial charge in [-0.15, -0.1) is 0 Å². The zero-order chi connectivity index (χ0) is 11.0. The van der Waals surface area contributed by atoms with Crippen molar-refractivity contribution in [3.05, 3.63) is 0 Å². The van der Waals surface area contributed by atoms with Crippen LogP contribution in [0.25, 0.3) is 0 Å². The van der Waals surface area contributed by atoms with Crippen LogP contribution in [0.1, 0.15) is 40.5 Å². The molecule has 0 amide bonds. The van der Waals surface area contributed by atoms with Gasteiger partial charge in [-0.05, 0) is 38.6 Å². The van der Waals surface area contributed by atoms with Gasteiger partial charge in [0.05, 0.1) is 20.8 Å². The molecule has 0 aromatic rings. The first-order chi connectivity index (χ1) is 6.27. The van der Waals surface area contributed by atoms with E-state index in [1.165, 1.54) is 40.2 Å². The molecule has 0 spiro atoms. The number of piperidine rings is 1. The van der Waals surface area contributed by atoms with Crippen LogP contribution in [0, 0.1) is 5.41 Å². The summed E-state index contributed by atoms with van der Waals surface area (Å²) in [6.07, 6.45) is 2.80. The summed E-state index contributed by atoms with van der Waals surface area (Å²) in [4.78, 5) is 0. The van der Waals surface area contributed by atoms with Crippen LogP contribution in [0.2, 0.25) is 0 Å². The molecule has 1 aliphatic rings. The molecule has 0 aliphatic carbocycles. The Hall–Kier alpha value is 0.571. The van der Waals surface area contributed by atoms with Crippen molar-refractivity contribution in [2.75, 3.05) is 6.54 Å². The van der Waals surface area contributed by atoms with Crippen LogP contribution in [-0.2, 0) is 0 Å². The standard InChI is InChI=1S/C9H26N2Si3/c1-8(2)6-5-7-10(9(8,3)4)14-11(12)13/h5-7,14H2,1-4,12-13H3. The molecule has 0 atom stereocenters. The second-order valence-electron chi connectivity index (χ2n) is 6.03. The average molecular weight is 247 g/mol. The first kappa shape index (κ1) is 12.6. The predicted octanol–water partition coefficient (Wildman–Crippen LogP) is -1.25. The van der Waals surface area contributed by atoms with Crippen molar-refractivity contribution in [2.24, 2.45) is 5.41 Å². The van der Waals surface area contributed by atoms with Crippen LogP contribution < -0.4 is 0 Å². The van der Waals surface area contributed by atoms with Gasteiger partial charge in [0.1, 0.15) is 0 Å². The third-order valence-electron chi connectivity index (χ3n) is 4.13. The number of nitrogens with zero attached hydrogens (tertiary/aromatic N) is 2. The van der Waals surface area contributed by atoms with Crippen molar-refractivity contribution in [1.29, 1.82) is 0 Å². The maximum absolute atomic E-state index is 2.82. The summed E-state index contributed by atoms with van der Waals surface area (Å²) in [7, 11) is 2.48. The van der Waals surface area contributed by atoms with Crippen molar-refractivity contribution in [3.8, 4) is 0 Å². The molecule has 1 heterocycles. The van der Waals surface area contributed by atoms with Gasteiger partial charge in [-0.25, -0.2) is 0 Å². The van der Waals surface area contributed by atoms with E-state index >= 15 is 0 Å². The lowest BCUT2D eigenvalue weighted by Gasteiger charge is -2.54. The lowest BCUT2D eigenvalue weighted by atomic mass is 9.69. The molecule has 2 nitrogen and oxygen atoms in total. The summed E-state index contributed by atoms with van der Waals surface area (Å²) >= 11 is 0. The summed E-state index contributed by atoms with van der Waals surface area (Å²) in [5, 5.41) is 0. The Kier molecular flexibility index (Phi) is 3.80. The second kappa shape index (κ2) is 4.21. The van der Waals surface area contributed by atoms with E-state index in [-0.39, 0.29) is 9.84 Å². The quantitative estimate of drug-likeness (QED) is 0.562. The molecule has 1 fully saturated rings. The van der Waals surface area contributed by atoms with Gasteiger partial charge in [0.25, 0.3) is 0 Å². The van der Waals surface area contributed by atoms with Crippen LogP contribution in [0.3, 0.4) is 0 Å². The van der Waals surface area contributed by atoms with Crippen molar-refractivity contribution in [2.45, 2.75) is 46.1 Å². The van der Waals surface area contributed by atoms with Gasteiger partial charge in [0.15, 0.2) is 9.84 Å². The van der Waals surface area contributed by atoms with Crippen LogP contribution in [0.15, 0.2) is 0 Å². The maximum Gasteiger partial charge on any atom is 0.158 e. The van der Waals surface area contributed by atoms with Gasteiger partial charge < -0.3 is 8.46 Å². The highest BCUT2D eigenvalue weighted by Gasteiger charge is 2.43. The minimum Gasteiger partial charge on any atom is -0.376 e. The molecule has 0 radical (unpaired) electrons. The fraction of sp³-hybridized carbons (Fsp3) is 1.00. The largest absolute Gasteiger partial charge is 0.376 e. The fourth-order valence-electron chi connectivity index (χ4n) is 2.31. The monoisotopic (exact) mass is 246 g/mol. The molecule has 0 unspecified atom stereocenters. The van der Waals surface area contributed by atoms with Crippen LogP contribution >= 0.6 is 0 Å². The number of rotatable bonds is 2. The Morgan fingerprint density at radius 1 is 1.21 bits per heavy atom. The van der Waals surface area contributed by atoms with Crippen LogP contribution in [0.5, 0.6) is 0 Å². The molecule has 0 bridgehead atoms. The average Bonchev–Trinajstić information content (AvgIpc) is 1.98. The molecule has 84 valence electrons. The van der Waals surface area contributed by atoms with Crippen molar-refractivity contribution in [3.63, 3.8) is 0 Å². The Morgan fingerprint density at radius 2 is 1.79 bits per heavy atom. The topological polar surface area (TPSA) is 6.48 Å². The van der Waals surface area contributed by atoms with Gasteiger partial charge in [-0.1, -0.05) is 13.8 Å². The first-order valence-electron chi connectivity index (χ1n) is 5.67. The van der Waals surface area contributed by atoms with E-state index in [0.29, 0.717) is 11.0 Å². The van der Waals surface area contributed by atoms with Crippen molar-refractivity contribution < 1.29 is 0 Å². The van der Waals surface area contributed by atoms with Gasteiger partial charge in [-0.3, -0.25) is 0 Å². The maximum atomic E-state index is 2.82. The molecule has 5 heteroatoms. The van der Waals surface area contributed by atoms with Crippen molar-refractivity contribution in [1.82, 2.24) is 8.46 Å². The van der Waals surface area contributed by atoms with Crippen LogP contribution in [-0.4, -0.2) is 51.2 Å². The minimum atomic E-state index is -0.0826. The van der Waals surface area contributed by atoms with E-state index in [1.807, 2.05) is 0 Å². The summed E-state index contributed by atoms with van der Waals surface area (Å²) in [5.74, 6) is 0. The highest BCUT2D eigenvalue weighted by Crippen LogP contribution is 2.42.